The van der Waals surface area contributed by atoms with Gasteiger partial charge >= 0.3 is 0 Å². The van der Waals surface area contributed by atoms with Crippen LogP contribution in [0.1, 0.15) is 69.7 Å². The summed E-state index contributed by atoms with van der Waals surface area (Å²) >= 11 is 0. The van der Waals surface area contributed by atoms with Gasteiger partial charge in [-0.25, -0.2) is 0 Å². The average molecular weight is 408 g/mol. The molecule has 0 aromatic heterocycles. The van der Waals surface area contributed by atoms with Gasteiger partial charge in [-0.2, -0.15) is 0 Å². The topological polar surface area (TPSA) is 29.5 Å². The number of likely N-dealkylation sites (N-methyl/N-ethyl adjacent to an activating group) is 1. The number of hydrogen-bond donors (Lipinski definition) is 0. The third-order valence-electron chi connectivity index (χ3n) is 6.74. The van der Waals surface area contributed by atoms with Crippen molar-refractivity contribution in [3.8, 4) is 5.75 Å². The highest BCUT2D eigenvalue weighted by Gasteiger charge is 2.38. The monoisotopic (exact) mass is 407 g/mol. The van der Waals surface area contributed by atoms with Crippen molar-refractivity contribution in [2.75, 3.05) is 14.2 Å². The first-order valence-electron chi connectivity index (χ1n) is 11.2. The van der Waals surface area contributed by atoms with E-state index in [1.54, 1.807) is 7.11 Å². The predicted octanol–water partition coefficient (Wildman–Crippen LogP) is 5.97. The number of rotatable bonds is 6. The van der Waals surface area contributed by atoms with Crippen LogP contribution in [-0.4, -0.2) is 30.9 Å². The Hall–Kier alpha value is -2.13. The van der Waals surface area contributed by atoms with E-state index >= 15 is 0 Å². The van der Waals surface area contributed by atoms with Gasteiger partial charge in [0.2, 0.25) is 0 Å². The maximum Gasteiger partial charge on any atom is 0.150 e. The quantitative estimate of drug-likeness (QED) is 0.591. The second-order valence-electron chi connectivity index (χ2n) is 9.83. The number of piperidine rings is 1. The van der Waals surface area contributed by atoms with Crippen molar-refractivity contribution in [1.29, 1.82) is 0 Å². The van der Waals surface area contributed by atoms with E-state index in [0.717, 1.165) is 25.0 Å². The van der Waals surface area contributed by atoms with Gasteiger partial charge in [-0.05, 0) is 73.4 Å². The third kappa shape index (κ3) is 5.13. The Balaban J connectivity index is 1.73. The third-order valence-corrected chi connectivity index (χ3v) is 6.74. The molecule has 3 atom stereocenters. The Bertz CT molecular complexity index is 833. The summed E-state index contributed by atoms with van der Waals surface area (Å²) in [5, 5.41) is 0. The summed E-state index contributed by atoms with van der Waals surface area (Å²) in [5.41, 5.74) is 4.16. The van der Waals surface area contributed by atoms with Crippen LogP contribution in [-0.2, 0) is 16.6 Å². The summed E-state index contributed by atoms with van der Waals surface area (Å²) in [5.74, 6) is 1.62. The maximum atomic E-state index is 12.6. The lowest BCUT2D eigenvalue weighted by atomic mass is 9.78. The fourth-order valence-electron chi connectivity index (χ4n) is 4.65. The Morgan fingerprint density at radius 2 is 1.67 bits per heavy atom. The van der Waals surface area contributed by atoms with E-state index in [1.807, 2.05) is 19.1 Å². The number of benzene rings is 2. The molecular weight excluding hydrogens is 370 g/mol. The van der Waals surface area contributed by atoms with E-state index in [0.29, 0.717) is 24.2 Å². The summed E-state index contributed by atoms with van der Waals surface area (Å²) in [7, 11) is 3.81. The van der Waals surface area contributed by atoms with Crippen molar-refractivity contribution < 1.29 is 9.53 Å². The first-order valence-corrected chi connectivity index (χ1v) is 11.2. The second-order valence-corrected chi connectivity index (χ2v) is 9.83. The van der Waals surface area contributed by atoms with Gasteiger partial charge in [-0.1, -0.05) is 57.2 Å². The molecule has 0 amide bonds. The van der Waals surface area contributed by atoms with E-state index in [9.17, 15) is 4.79 Å². The van der Waals surface area contributed by atoms with Gasteiger partial charge in [0, 0.05) is 12.5 Å². The van der Waals surface area contributed by atoms with Crippen LogP contribution in [0.3, 0.4) is 0 Å². The van der Waals surface area contributed by atoms with Gasteiger partial charge in [0.15, 0.2) is 0 Å². The van der Waals surface area contributed by atoms with Gasteiger partial charge in [-0.3, -0.25) is 9.69 Å². The Morgan fingerprint density at radius 3 is 2.23 bits per heavy atom. The molecule has 30 heavy (non-hydrogen) atoms. The highest BCUT2D eigenvalue weighted by atomic mass is 16.5. The molecule has 2 aromatic carbocycles. The summed E-state index contributed by atoms with van der Waals surface area (Å²) in [6.45, 7) is 8.79. The molecular formula is C27H37NO2. The Labute approximate surface area is 182 Å². The molecule has 0 radical (unpaired) electrons. The molecule has 1 heterocycles. The molecule has 0 spiro atoms. The summed E-state index contributed by atoms with van der Waals surface area (Å²) in [6.07, 6.45) is 3.85. The van der Waals surface area contributed by atoms with Crippen LogP contribution in [0.5, 0.6) is 5.75 Å². The normalized spacial score (nSPS) is 22.9. The Morgan fingerprint density at radius 1 is 1.03 bits per heavy atom. The van der Waals surface area contributed by atoms with Crippen LogP contribution < -0.4 is 4.74 Å². The second kappa shape index (κ2) is 9.34. The standard InChI is InChI=1S/C27H37NO2/c1-19-25(29)18-22(9-7-8-20-10-16-24(30-6)17-11-20)26(28(19)5)21-12-14-23(15-13-21)27(2,3)4/h10-17,19,22,26H,7-9,18H2,1-6H3. The van der Waals surface area contributed by atoms with Crippen molar-refractivity contribution in [2.45, 2.75) is 70.9 Å². The van der Waals surface area contributed by atoms with E-state index < -0.39 is 0 Å². The molecule has 1 fully saturated rings. The summed E-state index contributed by atoms with van der Waals surface area (Å²) < 4.78 is 5.25. The zero-order chi connectivity index (χ0) is 21.9. The first-order chi connectivity index (χ1) is 14.2. The predicted molar refractivity (Wildman–Crippen MR) is 124 cm³/mol. The number of likely N-dealkylation sites (tertiary alicyclic amines) is 1. The minimum Gasteiger partial charge on any atom is -0.497 e. The molecule has 0 N–H and O–H groups in total. The molecule has 162 valence electrons. The molecule has 2 aromatic rings. The van der Waals surface area contributed by atoms with Gasteiger partial charge in [-0.15, -0.1) is 0 Å². The van der Waals surface area contributed by atoms with Crippen molar-refractivity contribution in [3.05, 3.63) is 65.2 Å². The highest BCUT2D eigenvalue weighted by molar-refractivity contribution is 5.84. The average Bonchev–Trinajstić information content (AvgIpc) is 2.72. The minimum absolute atomic E-state index is 0.0184. The maximum absolute atomic E-state index is 12.6. The lowest BCUT2D eigenvalue weighted by molar-refractivity contribution is -0.130. The van der Waals surface area contributed by atoms with Gasteiger partial charge in [0.05, 0.1) is 13.2 Å². The van der Waals surface area contributed by atoms with E-state index in [2.05, 4.69) is 69.1 Å². The molecule has 0 bridgehead atoms. The van der Waals surface area contributed by atoms with E-state index in [1.165, 1.54) is 16.7 Å². The van der Waals surface area contributed by atoms with Crippen LogP contribution in [0.25, 0.3) is 0 Å². The number of ether oxygens (including phenoxy) is 1. The molecule has 3 unspecified atom stereocenters. The number of aryl methyl sites for hydroxylation is 1. The van der Waals surface area contributed by atoms with Crippen LogP contribution in [0.15, 0.2) is 48.5 Å². The highest BCUT2D eigenvalue weighted by Crippen LogP contribution is 2.39. The van der Waals surface area contributed by atoms with E-state index in [4.69, 9.17) is 4.74 Å². The van der Waals surface area contributed by atoms with Gasteiger partial charge in [0.1, 0.15) is 11.5 Å². The number of methoxy groups -OCH3 is 1. The first kappa shape index (κ1) is 22.6. The molecule has 1 aliphatic heterocycles. The molecule has 3 nitrogen and oxygen atoms in total. The van der Waals surface area contributed by atoms with Crippen LogP contribution in [0, 0.1) is 5.92 Å². The van der Waals surface area contributed by atoms with Crippen molar-refractivity contribution in [3.63, 3.8) is 0 Å². The lowest BCUT2D eigenvalue weighted by Crippen LogP contribution is -2.47. The molecule has 1 aliphatic rings. The van der Waals surface area contributed by atoms with Crippen molar-refractivity contribution >= 4 is 5.78 Å². The number of ketones is 1. The number of nitrogens with zero attached hydrogens (tertiary/aromatic N) is 1. The molecule has 3 rings (SSSR count). The SMILES string of the molecule is COc1ccc(CCCC2CC(=O)C(C)N(C)C2c2ccc(C(C)(C)C)cc2)cc1. The van der Waals surface area contributed by atoms with Gasteiger partial charge < -0.3 is 4.74 Å². The van der Waals surface area contributed by atoms with E-state index in [-0.39, 0.29) is 11.5 Å². The molecule has 1 saturated heterocycles. The number of hydrogen-bond acceptors (Lipinski definition) is 3. The fourth-order valence-corrected chi connectivity index (χ4v) is 4.65. The summed E-state index contributed by atoms with van der Waals surface area (Å²) in [6, 6.07) is 17.7. The van der Waals surface area contributed by atoms with Crippen molar-refractivity contribution in [1.82, 2.24) is 4.90 Å². The largest absolute Gasteiger partial charge is 0.497 e. The Kier molecular flexibility index (Phi) is 7.02. The number of Topliss-reactive ketones (excluding diaryl/α,β-unsaturated/α-hetero) is 1. The zero-order valence-corrected chi connectivity index (χ0v) is 19.4. The van der Waals surface area contributed by atoms with Crippen molar-refractivity contribution in [2.24, 2.45) is 5.92 Å². The molecule has 0 aliphatic carbocycles. The molecule has 3 heteroatoms. The number of carbonyl (C=O) groups excluding carboxylic acids is 1. The lowest BCUT2D eigenvalue weighted by Gasteiger charge is -2.43. The van der Waals surface area contributed by atoms with Crippen LogP contribution >= 0.6 is 0 Å². The van der Waals surface area contributed by atoms with Crippen LogP contribution in [0.4, 0.5) is 0 Å². The zero-order valence-electron chi connectivity index (χ0n) is 19.4. The molecule has 0 saturated carbocycles. The smallest absolute Gasteiger partial charge is 0.150 e. The minimum atomic E-state index is -0.0184. The summed E-state index contributed by atoms with van der Waals surface area (Å²) in [4.78, 5) is 14.9. The van der Waals surface area contributed by atoms with Gasteiger partial charge in [0.25, 0.3) is 0 Å². The number of carbonyl (C=O) groups is 1. The fraction of sp³-hybridized carbons (Fsp3) is 0.519. The van der Waals surface area contributed by atoms with Crippen LogP contribution in [0.2, 0.25) is 0 Å².